The molecule has 0 saturated heterocycles. The molecular weight excluding hydrogens is 448 g/mol. The first-order valence-electron chi connectivity index (χ1n) is 9.77. The molecule has 0 heterocycles. The predicted octanol–water partition coefficient (Wildman–Crippen LogP) is 3.93. The molecule has 9 heteroatoms. The Hall–Kier alpha value is -3.30. The lowest BCUT2D eigenvalue weighted by molar-refractivity contribution is -0.141. The Bertz CT molecular complexity index is 1180. The number of sulfonamides is 1. The summed E-state index contributed by atoms with van der Waals surface area (Å²) in [6.45, 7) is 1.64. The van der Waals surface area contributed by atoms with Crippen molar-refractivity contribution in [3.63, 3.8) is 0 Å². The lowest BCUT2D eigenvalue weighted by atomic mass is 10.2. The van der Waals surface area contributed by atoms with E-state index in [9.17, 15) is 18.0 Å². The largest absolute Gasteiger partial charge is 0.465 e. The van der Waals surface area contributed by atoms with Gasteiger partial charge in [0, 0.05) is 15.4 Å². The summed E-state index contributed by atoms with van der Waals surface area (Å²) in [7, 11) is -3.87. The van der Waals surface area contributed by atoms with Gasteiger partial charge < -0.3 is 10.1 Å². The molecule has 32 heavy (non-hydrogen) atoms. The first kappa shape index (κ1) is 23.4. The molecule has 3 aromatic carbocycles. The number of amides is 1. The molecule has 166 valence electrons. The van der Waals surface area contributed by atoms with Crippen molar-refractivity contribution in [2.75, 3.05) is 17.9 Å². The summed E-state index contributed by atoms with van der Waals surface area (Å²) in [5.74, 6) is -1.05. The number of ether oxygens (including phenoxy) is 1. The molecule has 2 N–H and O–H groups in total. The number of hydrogen-bond donors (Lipinski definition) is 2. The Labute approximate surface area is 191 Å². The van der Waals surface area contributed by atoms with Gasteiger partial charge in [0.2, 0.25) is 0 Å². The van der Waals surface area contributed by atoms with E-state index in [-0.39, 0.29) is 23.6 Å². The fraction of sp³-hybridized carbons (Fsp3) is 0.130. The van der Waals surface area contributed by atoms with Crippen molar-refractivity contribution in [3.8, 4) is 0 Å². The number of rotatable bonds is 9. The maximum absolute atomic E-state index is 12.9. The number of carbonyl (C=O) groups excluding carboxylic acids is 2. The molecule has 0 saturated carbocycles. The highest BCUT2D eigenvalue weighted by atomic mass is 32.2. The molecule has 0 aromatic heterocycles. The van der Waals surface area contributed by atoms with Crippen molar-refractivity contribution in [1.29, 1.82) is 0 Å². The van der Waals surface area contributed by atoms with Crippen molar-refractivity contribution in [1.82, 2.24) is 5.32 Å². The monoisotopic (exact) mass is 470 g/mol. The number of esters is 1. The third-order valence-corrected chi connectivity index (χ3v) is 6.69. The zero-order valence-corrected chi connectivity index (χ0v) is 18.9. The van der Waals surface area contributed by atoms with Gasteiger partial charge in [0.25, 0.3) is 15.9 Å². The van der Waals surface area contributed by atoms with Gasteiger partial charge in [-0.25, -0.2) is 8.42 Å². The van der Waals surface area contributed by atoms with Crippen LogP contribution in [0.25, 0.3) is 0 Å². The first-order chi connectivity index (χ1) is 15.4. The minimum Gasteiger partial charge on any atom is -0.465 e. The van der Waals surface area contributed by atoms with E-state index >= 15 is 0 Å². The Morgan fingerprint density at radius 2 is 1.56 bits per heavy atom. The van der Waals surface area contributed by atoms with Gasteiger partial charge in [0.05, 0.1) is 17.2 Å². The molecule has 7 nitrogen and oxygen atoms in total. The molecule has 0 aliphatic heterocycles. The van der Waals surface area contributed by atoms with Crippen molar-refractivity contribution in [3.05, 3.63) is 84.4 Å². The molecule has 0 atom stereocenters. The molecule has 0 unspecified atom stereocenters. The van der Waals surface area contributed by atoms with Gasteiger partial charge in [-0.05, 0) is 55.5 Å². The Kier molecular flexibility index (Phi) is 7.91. The summed E-state index contributed by atoms with van der Waals surface area (Å²) >= 11 is 1.45. The third-order valence-electron chi connectivity index (χ3n) is 4.23. The van der Waals surface area contributed by atoms with Gasteiger partial charge in [-0.15, -0.1) is 0 Å². The third kappa shape index (κ3) is 6.35. The van der Waals surface area contributed by atoms with Gasteiger partial charge in [0.1, 0.15) is 6.54 Å². The molecule has 0 aliphatic carbocycles. The maximum Gasteiger partial charge on any atom is 0.325 e. The molecule has 1 amide bonds. The number of nitrogens with one attached hydrogen (secondary N) is 2. The van der Waals surface area contributed by atoms with Crippen LogP contribution in [0.5, 0.6) is 0 Å². The van der Waals surface area contributed by atoms with Crippen LogP contribution in [0.15, 0.2) is 93.5 Å². The van der Waals surface area contributed by atoms with Crippen LogP contribution in [0, 0.1) is 0 Å². The lowest BCUT2D eigenvalue weighted by Crippen LogP contribution is -2.30. The van der Waals surface area contributed by atoms with Gasteiger partial charge >= 0.3 is 5.97 Å². The number of benzene rings is 3. The number of carbonyl (C=O) groups is 2. The highest BCUT2D eigenvalue weighted by Gasteiger charge is 2.17. The van der Waals surface area contributed by atoms with Crippen LogP contribution in [0.3, 0.4) is 0 Å². The van der Waals surface area contributed by atoms with E-state index in [4.69, 9.17) is 4.74 Å². The van der Waals surface area contributed by atoms with Crippen molar-refractivity contribution >= 4 is 39.3 Å². The molecule has 0 spiro atoms. The van der Waals surface area contributed by atoms with Crippen LogP contribution in [-0.2, 0) is 19.6 Å². The molecule has 3 aromatic rings. The normalized spacial score (nSPS) is 10.9. The van der Waals surface area contributed by atoms with Crippen molar-refractivity contribution < 1.29 is 22.7 Å². The molecular formula is C23H22N2O5S2. The van der Waals surface area contributed by atoms with Crippen LogP contribution >= 0.6 is 11.8 Å². The molecule has 0 fully saturated rings. The minimum absolute atomic E-state index is 0.0129. The fourth-order valence-electron chi connectivity index (χ4n) is 2.71. The Morgan fingerprint density at radius 3 is 2.25 bits per heavy atom. The standard InChI is InChI=1S/C23H22N2O5S2/c1-2-30-22(26)16-24-23(27)17-12-14-19(15-13-17)32(28,29)25-20-10-6-7-11-21(20)31-18-8-4-3-5-9-18/h3-15,25H,2,16H2,1H3,(H,24,27). The topological polar surface area (TPSA) is 102 Å². The van der Waals surface area contributed by atoms with Gasteiger partial charge in [-0.2, -0.15) is 0 Å². The van der Waals surface area contributed by atoms with E-state index in [2.05, 4.69) is 10.0 Å². The van der Waals surface area contributed by atoms with Crippen LogP contribution in [0.1, 0.15) is 17.3 Å². The van der Waals surface area contributed by atoms with Crippen LogP contribution in [0.2, 0.25) is 0 Å². The predicted molar refractivity (Wildman–Crippen MR) is 123 cm³/mol. The number of para-hydroxylation sites is 1. The van der Waals surface area contributed by atoms with E-state index in [0.29, 0.717) is 5.69 Å². The molecule has 0 bridgehead atoms. The average molecular weight is 471 g/mol. The number of hydrogen-bond acceptors (Lipinski definition) is 6. The summed E-state index contributed by atoms with van der Waals surface area (Å²) in [5, 5.41) is 2.43. The van der Waals surface area contributed by atoms with Crippen molar-refractivity contribution in [2.45, 2.75) is 21.6 Å². The van der Waals surface area contributed by atoms with Gasteiger partial charge in [-0.1, -0.05) is 42.1 Å². The zero-order chi connectivity index (χ0) is 23.0. The maximum atomic E-state index is 12.9. The van der Waals surface area contributed by atoms with Crippen molar-refractivity contribution in [2.24, 2.45) is 0 Å². The highest BCUT2D eigenvalue weighted by Crippen LogP contribution is 2.34. The number of anilines is 1. The summed E-state index contributed by atoms with van der Waals surface area (Å²) in [6, 6.07) is 22.2. The smallest absolute Gasteiger partial charge is 0.325 e. The average Bonchev–Trinajstić information content (AvgIpc) is 2.79. The second-order valence-corrected chi connectivity index (χ2v) is 9.33. The summed E-state index contributed by atoms with van der Waals surface area (Å²) in [4.78, 5) is 25.2. The van der Waals surface area contributed by atoms with Gasteiger partial charge in [-0.3, -0.25) is 14.3 Å². The Balaban J connectivity index is 1.71. The van der Waals surface area contributed by atoms with Gasteiger partial charge in [0.15, 0.2) is 0 Å². The second kappa shape index (κ2) is 10.8. The molecule has 0 radical (unpaired) electrons. The quantitative estimate of drug-likeness (QED) is 0.460. The summed E-state index contributed by atoms with van der Waals surface area (Å²) < 4.78 is 33.2. The Morgan fingerprint density at radius 1 is 0.906 bits per heavy atom. The second-order valence-electron chi connectivity index (χ2n) is 6.53. The highest BCUT2D eigenvalue weighted by molar-refractivity contribution is 7.99. The molecule has 3 rings (SSSR count). The molecule has 0 aliphatic rings. The van der Waals surface area contributed by atoms with Crippen LogP contribution < -0.4 is 10.0 Å². The summed E-state index contributed by atoms with van der Waals surface area (Å²) in [5.41, 5.74) is 0.686. The van der Waals surface area contributed by atoms with E-state index in [1.165, 1.54) is 36.0 Å². The zero-order valence-electron chi connectivity index (χ0n) is 17.3. The van der Waals surface area contributed by atoms with E-state index in [0.717, 1.165) is 9.79 Å². The van der Waals surface area contributed by atoms with Crippen LogP contribution in [-0.4, -0.2) is 33.4 Å². The van der Waals surface area contributed by atoms with E-state index < -0.39 is 21.9 Å². The fourth-order valence-corrected chi connectivity index (χ4v) is 4.78. The minimum atomic E-state index is -3.87. The van der Waals surface area contributed by atoms with Crippen LogP contribution in [0.4, 0.5) is 5.69 Å². The SMILES string of the molecule is CCOC(=O)CNC(=O)c1ccc(S(=O)(=O)Nc2ccccc2Sc2ccccc2)cc1. The van der Waals surface area contributed by atoms with E-state index in [1.807, 2.05) is 42.5 Å². The summed E-state index contributed by atoms with van der Waals surface area (Å²) in [6.07, 6.45) is 0. The first-order valence-corrected chi connectivity index (χ1v) is 12.1. The lowest BCUT2D eigenvalue weighted by Gasteiger charge is -2.13. The van der Waals surface area contributed by atoms with E-state index in [1.54, 1.807) is 19.1 Å².